The summed E-state index contributed by atoms with van der Waals surface area (Å²) in [5.41, 5.74) is 0.198. The molecule has 90 valence electrons. The molecule has 0 aliphatic rings. The van der Waals surface area contributed by atoms with Gasteiger partial charge >= 0.3 is 0 Å². The van der Waals surface area contributed by atoms with Crippen molar-refractivity contribution >= 4 is 28.4 Å². The highest BCUT2D eigenvalue weighted by Crippen LogP contribution is 2.22. The Kier molecular flexibility index (Phi) is 5.40. The molecule has 0 saturated carbocycles. The fourth-order valence-electron chi connectivity index (χ4n) is 1.23. The van der Waals surface area contributed by atoms with Gasteiger partial charge in [0.05, 0.1) is 3.57 Å². The van der Waals surface area contributed by atoms with E-state index in [0.717, 1.165) is 29.0 Å². The first kappa shape index (κ1) is 13.6. The van der Waals surface area contributed by atoms with Gasteiger partial charge in [0.15, 0.2) is 0 Å². The van der Waals surface area contributed by atoms with Crippen molar-refractivity contribution in [3.63, 3.8) is 0 Å². The van der Waals surface area contributed by atoms with Crippen molar-refractivity contribution in [1.82, 2.24) is 9.97 Å². The smallest absolute Gasteiger partial charge is 0.142 e. The average molecular weight is 335 g/mol. The van der Waals surface area contributed by atoms with E-state index in [0.29, 0.717) is 0 Å². The Labute approximate surface area is 110 Å². The second kappa shape index (κ2) is 6.34. The van der Waals surface area contributed by atoms with Crippen LogP contribution in [0.2, 0.25) is 0 Å². The van der Waals surface area contributed by atoms with E-state index in [1.807, 2.05) is 0 Å². The number of aromatic nitrogens is 2. The van der Waals surface area contributed by atoms with Crippen LogP contribution in [0, 0.1) is 8.99 Å². The van der Waals surface area contributed by atoms with Gasteiger partial charge in [0.25, 0.3) is 0 Å². The third-order valence-electron chi connectivity index (χ3n) is 2.38. The van der Waals surface area contributed by atoms with Crippen LogP contribution < -0.4 is 5.32 Å². The van der Waals surface area contributed by atoms with Crippen LogP contribution in [0.3, 0.4) is 0 Å². The van der Waals surface area contributed by atoms with Crippen molar-refractivity contribution in [2.24, 2.45) is 5.41 Å². The number of ether oxygens (including phenoxy) is 1. The summed E-state index contributed by atoms with van der Waals surface area (Å²) in [6.07, 6.45) is 4.39. The number of methoxy groups -OCH3 is 1. The zero-order valence-electron chi connectivity index (χ0n) is 9.96. The summed E-state index contributed by atoms with van der Waals surface area (Å²) in [5, 5.41) is 3.35. The summed E-state index contributed by atoms with van der Waals surface area (Å²) in [5.74, 6) is 0.904. The monoisotopic (exact) mass is 335 g/mol. The highest BCUT2D eigenvalue weighted by molar-refractivity contribution is 14.1. The summed E-state index contributed by atoms with van der Waals surface area (Å²) >= 11 is 2.23. The lowest BCUT2D eigenvalue weighted by Gasteiger charge is -2.25. The molecule has 0 aliphatic heterocycles. The number of rotatable bonds is 6. The predicted molar refractivity (Wildman–Crippen MR) is 73.5 cm³/mol. The molecule has 0 bridgehead atoms. The van der Waals surface area contributed by atoms with Crippen molar-refractivity contribution in [3.05, 3.63) is 16.1 Å². The zero-order chi connectivity index (χ0) is 12.0. The van der Waals surface area contributed by atoms with Crippen molar-refractivity contribution in [3.8, 4) is 0 Å². The molecule has 0 atom stereocenters. The topological polar surface area (TPSA) is 47.0 Å². The lowest BCUT2D eigenvalue weighted by atomic mass is 9.90. The van der Waals surface area contributed by atoms with Gasteiger partial charge in [0.1, 0.15) is 12.1 Å². The van der Waals surface area contributed by atoms with Gasteiger partial charge in [-0.15, -0.1) is 0 Å². The van der Waals surface area contributed by atoms with Crippen LogP contribution >= 0.6 is 22.6 Å². The van der Waals surface area contributed by atoms with E-state index in [2.05, 4.69) is 51.7 Å². The van der Waals surface area contributed by atoms with Gasteiger partial charge in [-0.05, 0) is 34.4 Å². The van der Waals surface area contributed by atoms with Crippen LogP contribution in [0.1, 0.15) is 20.3 Å². The lowest BCUT2D eigenvalue weighted by molar-refractivity contribution is 0.157. The van der Waals surface area contributed by atoms with Gasteiger partial charge in [0.2, 0.25) is 0 Å². The first-order chi connectivity index (χ1) is 7.55. The molecule has 0 spiro atoms. The summed E-state index contributed by atoms with van der Waals surface area (Å²) in [7, 11) is 1.73. The van der Waals surface area contributed by atoms with E-state index >= 15 is 0 Å². The van der Waals surface area contributed by atoms with Crippen LogP contribution in [-0.4, -0.2) is 30.2 Å². The number of nitrogens with zero attached hydrogens (tertiary/aromatic N) is 2. The van der Waals surface area contributed by atoms with E-state index in [-0.39, 0.29) is 5.41 Å². The van der Waals surface area contributed by atoms with Gasteiger partial charge in [-0.2, -0.15) is 0 Å². The molecular formula is C11H18IN3O. The average Bonchev–Trinajstić information content (AvgIpc) is 2.26. The number of hydrogen-bond donors (Lipinski definition) is 1. The maximum absolute atomic E-state index is 5.10. The Hall–Kier alpha value is -0.430. The SMILES string of the molecule is COCCC(C)(C)CNc1ncncc1I. The Bertz CT molecular complexity index is 331. The number of anilines is 1. The van der Waals surface area contributed by atoms with Gasteiger partial charge in [-0.1, -0.05) is 13.8 Å². The first-order valence-electron chi connectivity index (χ1n) is 5.23. The molecule has 0 fully saturated rings. The molecule has 0 radical (unpaired) electrons. The molecule has 4 nitrogen and oxygen atoms in total. The van der Waals surface area contributed by atoms with Gasteiger partial charge < -0.3 is 10.1 Å². The number of nitrogens with one attached hydrogen (secondary N) is 1. The second-order valence-corrected chi connectivity index (χ2v) is 5.64. The van der Waals surface area contributed by atoms with Gasteiger partial charge in [0, 0.05) is 26.5 Å². The van der Waals surface area contributed by atoms with Gasteiger partial charge in [-0.25, -0.2) is 9.97 Å². The zero-order valence-corrected chi connectivity index (χ0v) is 12.1. The quantitative estimate of drug-likeness (QED) is 0.812. The standard InChI is InChI=1S/C11H18IN3O/c1-11(2,4-5-16-3)7-14-10-9(12)6-13-8-15-10/h6,8H,4-5,7H2,1-3H3,(H,13,14,15). The van der Waals surface area contributed by atoms with Gasteiger partial charge in [-0.3, -0.25) is 0 Å². The fourth-order valence-corrected chi connectivity index (χ4v) is 1.72. The summed E-state index contributed by atoms with van der Waals surface area (Å²) in [6.45, 7) is 6.10. The van der Waals surface area contributed by atoms with E-state index < -0.39 is 0 Å². The Morgan fingerprint density at radius 3 is 2.88 bits per heavy atom. The molecule has 16 heavy (non-hydrogen) atoms. The molecule has 1 heterocycles. The molecular weight excluding hydrogens is 317 g/mol. The minimum absolute atomic E-state index is 0.198. The molecule has 1 aromatic rings. The summed E-state index contributed by atoms with van der Waals surface area (Å²) < 4.78 is 6.14. The molecule has 1 N–H and O–H groups in total. The molecule has 0 aliphatic carbocycles. The Morgan fingerprint density at radius 2 is 2.25 bits per heavy atom. The van der Waals surface area contributed by atoms with Crippen molar-refractivity contribution < 1.29 is 4.74 Å². The normalized spacial score (nSPS) is 11.5. The lowest BCUT2D eigenvalue weighted by Crippen LogP contribution is -2.25. The molecule has 5 heteroatoms. The summed E-state index contributed by atoms with van der Waals surface area (Å²) in [4.78, 5) is 8.16. The second-order valence-electron chi connectivity index (χ2n) is 4.48. The van der Waals surface area contributed by atoms with Crippen molar-refractivity contribution in [2.45, 2.75) is 20.3 Å². The highest BCUT2D eigenvalue weighted by Gasteiger charge is 2.17. The largest absolute Gasteiger partial charge is 0.385 e. The van der Waals surface area contributed by atoms with Crippen LogP contribution in [0.25, 0.3) is 0 Å². The van der Waals surface area contributed by atoms with Crippen LogP contribution in [0.15, 0.2) is 12.5 Å². The molecule has 0 amide bonds. The number of halogens is 1. The third-order valence-corrected chi connectivity index (χ3v) is 3.17. The molecule has 0 unspecified atom stereocenters. The molecule has 1 rings (SSSR count). The Balaban J connectivity index is 2.47. The number of hydrogen-bond acceptors (Lipinski definition) is 4. The molecule has 1 aromatic heterocycles. The van der Waals surface area contributed by atoms with E-state index in [1.54, 1.807) is 19.6 Å². The fraction of sp³-hybridized carbons (Fsp3) is 0.636. The van der Waals surface area contributed by atoms with E-state index in [9.17, 15) is 0 Å². The maximum Gasteiger partial charge on any atom is 0.142 e. The first-order valence-corrected chi connectivity index (χ1v) is 6.31. The maximum atomic E-state index is 5.10. The van der Waals surface area contributed by atoms with E-state index in [1.165, 1.54) is 0 Å². The molecule has 0 aromatic carbocycles. The third kappa shape index (κ3) is 4.61. The van der Waals surface area contributed by atoms with Crippen LogP contribution in [-0.2, 0) is 4.74 Å². The van der Waals surface area contributed by atoms with Crippen molar-refractivity contribution in [1.29, 1.82) is 0 Å². The minimum atomic E-state index is 0.198. The highest BCUT2D eigenvalue weighted by atomic mass is 127. The predicted octanol–water partition coefficient (Wildman–Crippen LogP) is 2.56. The van der Waals surface area contributed by atoms with Crippen LogP contribution in [0.5, 0.6) is 0 Å². The van der Waals surface area contributed by atoms with E-state index in [4.69, 9.17) is 4.74 Å². The molecule has 0 saturated heterocycles. The summed E-state index contributed by atoms with van der Waals surface area (Å²) in [6, 6.07) is 0. The van der Waals surface area contributed by atoms with Crippen LogP contribution in [0.4, 0.5) is 5.82 Å². The Morgan fingerprint density at radius 1 is 1.50 bits per heavy atom. The van der Waals surface area contributed by atoms with Crippen molar-refractivity contribution in [2.75, 3.05) is 25.6 Å². The minimum Gasteiger partial charge on any atom is -0.385 e.